The van der Waals surface area contributed by atoms with Crippen LogP contribution in [0.4, 0.5) is 5.95 Å². The first kappa shape index (κ1) is 16.2. The van der Waals surface area contributed by atoms with Crippen molar-refractivity contribution in [3.05, 3.63) is 45.7 Å². The van der Waals surface area contributed by atoms with E-state index in [1.807, 2.05) is 19.1 Å². The molecule has 0 aliphatic heterocycles. The van der Waals surface area contributed by atoms with Gasteiger partial charge < -0.3 is 9.88 Å². The number of imidazole rings is 1. The number of aryl methyl sites for hydroxylation is 3. The van der Waals surface area contributed by atoms with Gasteiger partial charge in [-0.15, -0.1) is 0 Å². The maximum Gasteiger partial charge on any atom is 0.203 e. The Morgan fingerprint density at radius 2 is 2.05 bits per heavy atom. The highest BCUT2D eigenvalue weighted by Gasteiger charge is 2.07. The van der Waals surface area contributed by atoms with Crippen LogP contribution in [-0.2, 0) is 13.0 Å². The summed E-state index contributed by atoms with van der Waals surface area (Å²) < 4.78 is 2.14. The number of nitrogens with zero attached hydrogens (tertiary/aromatic N) is 2. The highest BCUT2D eigenvalue weighted by atomic mass is 35.5. The lowest BCUT2D eigenvalue weighted by molar-refractivity contribution is 0.660. The highest BCUT2D eigenvalue weighted by Crippen LogP contribution is 2.22. The first-order chi connectivity index (χ1) is 9.95. The van der Waals surface area contributed by atoms with Crippen molar-refractivity contribution in [3.8, 4) is 0 Å². The average molecular weight is 326 g/mol. The number of hydrogen-bond acceptors (Lipinski definition) is 2. The predicted octanol–water partition coefficient (Wildman–Crippen LogP) is 4.81. The third kappa shape index (κ3) is 4.65. The van der Waals surface area contributed by atoms with Gasteiger partial charge in [0.25, 0.3) is 0 Å². The zero-order valence-corrected chi connectivity index (χ0v) is 14.2. The molecule has 0 unspecified atom stereocenters. The Bertz CT molecular complexity index is 606. The normalized spacial score (nSPS) is 11.1. The fraction of sp³-hybridized carbons (Fsp3) is 0.438. The number of hydrogen-bond donors (Lipinski definition) is 1. The molecule has 0 radical (unpaired) electrons. The van der Waals surface area contributed by atoms with Crippen molar-refractivity contribution < 1.29 is 0 Å². The van der Waals surface area contributed by atoms with Gasteiger partial charge in [0, 0.05) is 29.3 Å². The van der Waals surface area contributed by atoms with Crippen molar-refractivity contribution in [2.75, 3.05) is 11.9 Å². The first-order valence-corrected chi connectivity index (χ1v) is 7.93. The van der Waals surface area contributed by atoms with Crippen LogP contribution in [0.3, 0.4) is 0 Å². The summed E-state index contributed by atoms with van der Waals surface area (Å²) >= 11 is 12.1. The van der Waals surface area contributed by atoms with E-state index in [9.17, 15) is 0 Å². The van der Waals surface area contributed by atoms with Gasteiger partial charge in [0.1, 0.15) is 0 Å². The standard InChI is InChI=1S/C16H21Cl2N3/c1-11(2)9-19-16-20-12(3)10-21(16)7-6-13-4-5-14(17)8-15(13)18/h4-5,8,10-11H,6-7,9H2,1-3H3,(H,19,20). The van der Waals surface area contributed by atoms with Crippen LogP contribution in [0.1, 0.15) is 25.1 Å². The molecule has 1 aromatic heterocycles. The minimum atomic E-state index is 0.584. The lowest BCUT2D eigenvalue weighted by Crippen LogP contribution is -2.13. The summed E-state index contributed by atoms with van der Waals surface area (Å²) in [5, 5.41) is 4.78. The molecule has 0 bridgehead atoms. The van der Waals surface area contributed by atoms with E-state index >= 15 is 0 Å². The van der Waals surface area contributed by atoms with Crippen LogP contribution >= 0.6 is 23.2 Å². The molecule has 0 amide bonds. The maximum atomic E-state index is 6.22. The molecule has 2 aromatic rings. The largest absolute Gasteiger partial charge is 0.355 e. The van der Waals surface area contributed by atoms with Gasteiger partial charge in [-0.2, -0.15) is 0 Å². The van der Waals surface area contributed by atoms with Gasteiger partial charge in [-0.05, 0) is 37.0 Å². The zero-order chi connectivity index (χ0) is 15.4. The van der Waals surface area contributed by atoms with E-state index in [1.54, 1.807) is 6.07 Å². The second-order valence-electron chi connectivity index (χ2n) is 5.66. The van der Waals surface area contributed by atoms with Crippen LogP contribution in [0.2, 0.25) is 10.0 Å². The summed E-state index contributed by atoms with van der Waals surface area (Å²) in [7, 11) is 0. The predicted molar refractivity (Wildman–Crippen MR) is 90.5 cm³/mol. The van der Waals surface area contributed by atoms with Crippen molar-refractivity contribution in [3.63, 3.8) is 0 Å². The summed E-state index contributed by atoms with van der Waals surface area (Å²) in [5.74, 6) is 1.51. The van der Waals surface area contributed by atoms with Gasteiger partial charge >= 0.3 is 0 Å². The molecule has 5 heteroatoms. The molecule has 0 spiro atoms. The number of nitrogens with one attached hydrogen (secondary N) is 1. The van der Waals surface area contributed by atoms with Crippen LogP contribution in [0.15, 0.2) is 24.4 Å². The SMILES string of the molecule is Cc1cn(CCc2ccc(Cl)cc2Cl)c(NCC(C)C)n1. The lowest BCUT2D eigenvalue weighted by Gasteiger charge is -2.12. The Morgan fingerprint density at radius 1 is 1.29 bits per heavy atom. The van der Waals surface area contributed by atoms with E-state index in [0.29, 0.717) is 10.9 Å². The summed E-state index contributed by atoms with van der Waals surface area (Å²) in [4.78, 5) is 4.53. The molecule has 0 fully saturated rings. The van der Waals surface area contributed by atoms with E-state index in [4.69, 9.17) is 23.2 Å². The fourth-order valence-electron chi connectivity index (χ4n) is 2.12. The molecule has 3 nitrogen and oxygen atoms in total. The fourth-order valence-corrected chi connectivity index (χ4v) is 2.62. The summed E-state index contributed by atoms with van der Waals surface area (Å²) in [5.41, 5.74) is 2.12. The van der Waals surface area contributed by atoms with Gasteiger partial charge in [-0.1, -0.05) is 43.1 Å². The average Bonchev–Trinajstić information content (AvgIpc) is 2.76. The molecule has 0 aliphatic carbocycles. The minimum absolute atomic E-state index is 0.584. The first-order valence-electron chi connectivity index (χ1n) is 7.17. The second kappa shape index (κ2) is 7.19. The Labute approximate surface area is 136 Å². The van der Waals surface area contributed by atoms with Gasteiger partial charge in [-0.3, -0.25) is 0 Å². The molecular weight excluding hydrogens is 305 g/mol. The van der Waals surface area contributed by atoms with Crippen molar-refractivity contribution in [1.82, 2.24) is 9.55 Å². The molecular formula is C16H21Cl2N3. The van der Waals surface area contributed by atoms with Gasteiger partial charge in [-0.25, -0.2) is 4.98 Å². The Hall–Kier alpha value is -1.19. The van der Waals surface area contributed by atoms with Gasteiger partial charge in [0.05, 0.1) is 5.69 Å². The molecule has 0 saturated carbocycles. The number of aromatic nitrogens is 2. The molecule has 1 heterocycles. The van der Waals surface area contributed by atoms with E-state index in [-0.39, 0.29) is 0 Å². The van der Waals surface area contributed by atoms with Gasteiger partial charge in [0.15, 0.2) is 0 Å². The Morgan fingerprint density at radius 3 is 2.71 bits per heavy atom. The van der Waals surface area contributed by atoms with E-state index < -0.39 is 0 Å². The summed E-state index contributed by atoms with van der Waals surface area (Å²) in [6, 6.07) is 5.64. The minimum Gasteiger partial charge on any atom is -0.355 e. The monoisotopic (exact) mass is 325 g/mol. The van der Waals surface area contributed by atoms with Crippen molar-refractivity contribution in [2.45, 2.75) is 33.7 Å². The highest BCUT2D eigenvalue weighted by molar-refractivity contribution is 6.35. The van der Waals surface area contributed by atoms with Crippen molar-refractivity contribution in [2.24, 2.45) is 5.92 Å². The third-order valence-corrected chi connectivity index (χ3v) is 3.79. The molecule has 0 atom stereocenters. The molecule has 0 saturated heterocycles. The van der Waals surface area contributed by atoms with E-state index in [2.05, 4.69) is 34.9 Å². The Balaban J connectivity index is 2.05. The van der Waals surface area contributed by atoms with E-state index in [1.165, 1.54) is 0 Å². The molecule has 114 valence electrons. The summed E-state index contributed by atoms with van der Waals surface area (Å²) in [6.45, 7) is 8.12. The van der Waals surface area contributed by atoms with Crippen LogP contribution in [-0.4, -0.2) is 16.1 Å². The van der Waals surface area contributed by atoms with Crippen LogP contribution in [0.25, 0.3) is 0 Å². The molecule has 1 aromatic carbocycles. The number of benzene rings is 1. The van der Waals surface area contributed by atoms with Crippen molar-refractivity contribution in [1.29, 1.82) is 0 Å². The lowest BCUT2D eigenvalue weighted by atomic mass is 10.1. The maximum absolute atomic E-state index is 6.22. The number of halogens is 2. The van der Waals surface area contributed by atoms with Crippen LogP contribution < -0.4 is 5.32 Å². The molecule has 0 aliphatic rings. The van der Waals surface area contributed by atoms with Gasteiger partial charge in [0.2, 0.25) is 5.95 Å². The quantitative estimate of drug-likeness (QED) is 0.826. The summed E-state index contributed by atoms with van der Waals surface area (Å²) in [6.07, 6.45) is 2.91. The second-order valence-corrected chi connectivity index (χ2v) is 6.50. The smallest absolute Gasteiger partial charge is 0.203 e. The van der Waals surface area contributed by atoms with Crippen LogP contribution in [0.5, 0.6) is 0 Å². The van der Waals surface area contributed by atoms with E-state index in [0.717, 1.165) is 41.7 Å². The molecule has 21 heavy (non-hydrogen) atoms. The Kier molecular flexibility index (Phi) is 5.54. The number of anilines is 1. The number of rotatable bonds is 6. The molecule has 1 N–H and O–H groups in total. The molecule has 2 rings (SSSR count). The van der Waals surface area contributed by atoms with Crippen molar-refractivity contribution >= 4 is 29.2 Å². The third-order valence-electron chi connectivity index (χ3n) is 3.20. The van der Waals surface area contributed by atoms with Crippen LogP contribution in [0, 0.1) is 12.8 Å². The zero-order valence-electron chi connectivity index (χ0n) is 12.7. The topological polar surface area (TPSA) is 29.9 Å².